The first-order valence-electron chi connectivity index (χ1n) is 15.3. The van der Waals surface area contributed by atoms with Crippen LogP contribution in [0.25, 0.3) is 23.0 Å². The number of nitrogens with zero attached hydrogens (tertiary/aromatic N) is 3. The quantitative estimate of drug-likeness (QED) is 0.170. The van der Waals surface area contributed by atoms with Crippen LogP contribution in [0.1, 0.15) is 22.4 Å². The molecule has 0 aliphatic carbocycles. The Morgan fingerprint density at radius 2 is 1.51 bits per heavy atom. The number of methoxy groups -OCH3 is 5. The second-order valence-corrected chi connectivity index (χ2v) is 11.1. The summed E-state index contributed by atoms with van der Waals surface area (Å²) in [5.41, 5.74) is 7.81. The van der Waals surface area contributed by atoms with Gasteiger partial charge in [-0.2, -0.15) is 0 Å². The number of benzene rings is 3. The van der Waals surface area contributed by atoms with Gasteiger partial charge in [0.2, 0.25) is 11.7 Å². The van der Waals surface area contributed by atoms with Crippen LogP contribution >= 0.6 is 0 Å². The highest BCUT2D eigenvalue weighted by Crippen LogP contribution is 2.39. The third kappa shape index (κ3) is 6.59. The van der Waals surface area contributed by atoms with Crippen LogP contribution in [0.3, 0.4) is 0 Å². The molecule has 5 aromatic rings. The van der Waals surface area contributed by atoms with E-state index < -0.39 is 0 Å². The van der Waals surface area contributed by atoms with E-state index in [1.807, 2.05) is 42.5 Å². The maximum Gasteiger partial charge on any atom is 0.248 e. The molecule has 3 heterocycles. The minimum absolute atomic E-state index is 0.264. The summed E-state index contributed by atoms with van der Waals surface area (Å²) in [6.45, 7) is 2.43. The first-order valence-corrected chi connectivity index (χ1v) is 15.3. The van der Waals surface area contributed by atoms with Gasteiger partial charge in [0.1, 0.15) is 5.65 Å². The number of imidazole rings is 1. The Balaban J connectivity index is 1.19. The highest BCUT2D eigenvalue weighted by atomic mass is 16.5. The van der Waals surface area contributed by atoms with Gasteiger partial charge in [0.15, 0.2) is 23.0 Å². The molecule has 0 unspecified atom stereocenters. The first kappa shape index (κ1) is 31.5. The topological polar surface area (TPSA) is 95.8 Å². The predicted molar refractivity (Wildman–Crippen MR) is 182 cm³/mol. The number of nitrogens with one attached hydrogen (secondary N) is 1. The number of pyridine rings is 1. The fourth-order valence-electron chi connectivity index (χ4n) is 5.98. The zero-order chi connectivity index (χ0) is 32.9. The molecule has 3 aromatic carbocycles. The summed E-state index contributed by atoms with van der Waals surface area (Å²) < 4.78 is 29.5. The highest BCUT2D eigenvalue weighted by Gasteiger charge is 2.23. The van der Waals surface area contributed by atoms with Crippen LogP contribution in [0.5, 0.6) is 28.7 Å². The summed E-state index contributed by atoms with van der Waals surface area (Å²) >= 11 is 0. The molecule has 0 saturated heterocycles. The second-order valence-electron chi connectivity index (χ2n) is 11.1. The average Bonchev–Trinajstić information content (AvgIpc) is 3.47. The maximum atomic E-state index is 12.8. The van der Waals surface area contributed by atoms with E-state index in [2.05, 4.69) is 32.9 Å². The zero-order valence-corrected chi connectivity index (χ0v) is 27.2. The van der Waals surface area contributed by atoms with Gasteiger partial charge in [-0.3, -0.25) is 9.69 Å². The van der Waals surface area contributed by atoms with Gasteiger partial charge in [0, 0.05) is 43.2 Å². The highest BCUT2D eigenvalue weighted by molar-refractivity contribution is 6.02. The van der Waals surface area contributed by atoms with Crippen LogP contribution in [0.4, 0.5) is 5.69 Å². The van der Waals surface area contributed by atoms with Crippen molar-refractivity contribution in [1.29, 1.82) is 0 Å². The third-order valence-corrected chi connectivity index (χ3v) is 8.34. The first-order chi connectivity index (χ1) is 22.9. The van der Waals surface area contributed by atoms with E-state index in [1.54, 1.807) is 53.8 Å². The number of anilines is 1. The molecule has 1 amide bonds. The van der Waals surface area contributed by atoms with Gasteiger partial charge in [0.05, 0.1) is 46.9 Å². The molecule has 1 aliphatic rings. The zero-order valence-electron chi connectivity index (χ0n) is 27.2. The predicted octanol–water partition coefficient (Wildman–Crippen LogP) is 6.25. The minimum atomic E-state index is -0.264. The molecule has 0 atom stereocenters. The Bertz CT molecular complexity index is 1910. The molecular weight excluding hydrogens is 596 g/mol. The molecule has 10 heteroatoms. The SMILES string of the molecule is COc1cc2c(cc1OC)CN(Cc1c(-c3ccc(NC(=O)/C=C/c4cc(OC)c(OC)c(OC)c4)cc3)nc3ccccn13)CC2. The monoisotopic (exact) mass is 634 g/mol. The van der Waals surface area contributed by atoms with Gasteiger partial charge in [-0.1, -0.05) is 18.2 Å². The molecule has 0 fully saturated rings. The van der Waals surface area contributed by atoms with Gasteiger partial charge in [0.25, 0.3) is 0 Å². The summed E-state index contributed by atoms with van der Waals surface area (Å²) in [7, 11) is 8.00. The van der Waals surface area contributed by atoms with Gasteiger partial charge >= 0.3 is 0 Å². The van der Waals surface area contributed by atoms with Crippen molar-refractivity contribution in [2.75, 3.05) is 47.4 Å². The van der Waals surface area contributed by atoms with Crippen LogP contribution < -0.4 is 29.0 Å². The van der Waals surface area contributed by atoms with Crippen molar-refractivity contribution >= 4 is 23.3 Å². The summed E-state index contributed by atoms with van der Waals surface area (Å²) in [6.07, 6.45) is 6.14. The number of hydrogen-bond acceptors (Lipinski definition) is 8. The van der Waals surface area contributed by atoms with Gasteiger partial charge in [-0.15, -0.1) is 0 Å². The summed E-state index contributed by atoms with van der Waals surface area (Å²) in [6, 6.07) is 21.6. The maximum absolute atomic E-state index is 12.8. The van der Waals surface area contributed by atoms with E-state index in [9.17, 15) is 4.79 Å². The standard InChI is InChI=1S/C37H38N4O6/c1-43-30-20-26-15-17-40(22-27(26)21-31(30)44-2)23-29-36(39-34-8-6-7-16-41(29)34)25-10-12-28(13-11-25)38-35(42)14-9-24-18-32(45-3)37(47-5)33(19-24)46-4/h6-14,16,18-21H,15,17,22-23H2,1-5H3,(H,38,42)/b14-9+. The van der Waals surface area contributed by atoms with Gasteiger partial charge < -0.3 is 33.4 Å². The Kier molecular flexibility index (Phi) is 9.30. The van der Waals surface area contributed by atoms with Gasteiger partial charge in [-0.25, -0.2) is 4.98 Å². The lowest BCUT2D eigenvalue weighted by Gasteiger charge is -2.29. The van der Waals surface area contributed by atoms with E-state index in [0.29, 0.717) is 22.9 Å². The minimum Gasteiger partial charge on any atom is -0.493 e. The number of carbonyl (C=O) groups is 1. The normalized spacial score (nSPS) is 13.0. The number of aromatic nitrogens is 2. The molecule has 1 N–H and O–H groups in total. The number of hydrogen-bond donors (Lipinski definition) is 1. The molecule has 0 saturated carbocycles. The van der Waals surface area contributed by atoms with Crippen molar-refractivity contribution in [3.05, 3.63) is 101 Å². The Morgan fingerprint density at radius 1 is 0.830 bits per heavy atom. The molecule has 0 radical (unpaired) electrons. The fraction of sp³-hybridized carbons (Fsp3) is 0.243. The van der Waals surface area contributed by atoms with Gasteiger partial charge in [-0.05, 0) is 77.7 Å². The largest absolute Gasteiger partial charge is 0.493 e. The smallest absolute Gasteiger partial charge is 0.248 e. The Hall–Kier alpha value is -5.48. The van der Waals surface area contributed by atoms with E-state index in [-0.39, 0.29) is 5.91 Å². The molecular formula is C37H38N4O6. The lowest BCUT2D eigenvalue weighted by Crippen LogP contribution is -2.30. The van der Waals surface area contributed by atoms with Crippen molar-refractivity contribution in [2.45, 2.75) is 19.5 Å². The molecule has 0 spiro atoms. The van der Waals surface area contributed by atoms with Crippen LogP contribution in [0.2, 0.25) is 0 Å². The molecule has 242 valence electrons. The molecule has 10 nitrogen and oxygen atoms in total. The van der Waals surface area contributed by atoms with Crippen molar-refractivity contribution in [3.8, 4) is 40.0 Å². The second kappa shape index (κ2) is 13.9. The number of ether oxygens (including phenoxy) is 5. The van der Waals surface area contributed by atoms with Crippen LogP contribution in [-0.2, 0) is 24.3 Å². The van der Waals surface area contributed by atoms with Crippen LogP contribution in [-0.4, -0.2) is 62.3 Å². The molecule has 0 bridgehead atoms. The van der Waals surface area contributed by atoms with Crippen LogP contribution in [0.15, 0.2) is 79.0 Å². The van der Waals surface area contributed by atoms with Crippen molar-refractivity contribution in [2.24, 2.45) is 0 Å². The lowest BCUT2D eigenvalue weighted by molar-refractivity contribution is -0.111. The Labute approximate surface area is 274 Å². The van der Waals surface area contributed by atoms with Crippen molar-refractivity contribution in [1.82, 2.24) is 14.3 Å². The number of rotatable bonds is 11. The number of amides is 1. The Morgan fingerprint density at radius 3 is 2.17 bits per heavy atom. The van der Waals surface area contributed by atoms with E-state index in [1.165, 1.54) is 17.2 Å². The fourth-order valence-corrected chi connectivity index (χ4v) is 5.98. The van der Waals surface area contributed by atoms with E-state index in [4.69, 9.17) is 28.7 Å². The van der Waals surface area contributed by atoms with E-state index >= 15 is 0 Å². The van der Waals surface area contributed by atoms with Crippen molar-refractivity contribution in [3.63, 3.8) is 0 Å². The number of carbonyl (C=O) groups excluding carboxylic acids is 1. The summed E-state index contributed by atoms with van der Waals surface area (Å²) in [5, 5.41) is 2.94. The lowest BCUT2D eigenvalue weighted by atomic mass is 9.98. The molecule has 1 aliphatic heterocycles. The summed E-state index contributed by atoms with van der Waals surface area (Å²) in [4.78, 5) is 20.3. The average molecular weight is 635 g/mol. The van der Waals surface area contributed by atoms with E-state index in [0.717, 1.165) is 65.7 Å². The molecule has 2 aromatic heterocycles. The number of fused-ring (bicyclic) bond motifs is 2. The molecule has 47 heavy (non-hydrogen) atoms. The van der Waals surface area contributed by atoms with Crippen molar-refractivity contribution < 1.29 is 28.5 Å². The molecule has 6 rings (SSSR count). The third-order valence-electron chi connectivity index (χ3n) is 8.34. The van der Waals surface area contributed by atoms with Crippen LogP contribution in [0, 0.1) is 0 Å². The summed E-state index contributed by atoms with van der Waals surface area (Å²) in [5.74, 6) is 2.76.